The highest BCUT2D eigenvalue weighted by atomic mass is 16.2. The van der Waals surface area contributed by atoms with Crippen LogP contribution in [0.15, 0.2) is 84.9 Å². The van der Waals surface area contributed by atoms with E-state index in [4.69, 9.17) is 10.7 Å². The Bertz CT molecular complexity index is 1470. The first-order chi connectivity index (χ1) is 17.5. The van der Waals surface area contributed by atoms with Gasteiger partial charge in [-0.05, 0) is 53.9 Å². The first-order valence-electron chi connectivity index (χ1n) is 12.2. The zero-order chi connectivity index (χ0) is 24.6. The predicted octanol–water partition coefficient (Wildman–Crippen LogP) is 4.49. The van der Waals surface area contributed by atoms with Crippen molar-refractivity contribution in [3.8, 4) is 11.1 Å². The van der Waals surface area contributed by atoms with E-state index in [2.05, 4.69) is 28.4 Å². The molecule has 2 fully saturated rings. The average Bonchev–Trinajstić information content (AvgIpc) is 3.50. The maximum absolute atomic E-state index is 13.1. The fourth-order valence-electron chi connectivity index (χ4n) is 5.42. The molecule has 2 bridgehead atoms. The molecule has 7 nitrogen and oxygen atoms in total. The summed E-state index contributed by atoms with van der Waals surface area (Å²) in [6.45, 7) is 2.37. The second kappa shape index (κ2) is 9.09. The van der Waals surface area contributed by atoms with Gasteiger partial charge in [-0.25, -0.2) is 4.79 Å². The van der Waals surface area contributed by atoms with E-state index in [-0.39, 0.29) is 12.1 Å². The van der Waals surface area contributed by atoms with Gasteiger partial charge in [-0.1, -0.05) is 48.5 Å². The molecular weight excluding hydrogens is 450 g/mol. The fourth-order valence-corrected chi connectivity index (χ4v) is 5.42. The van der Waals surface area contributed by atoms with Crippen LogP contribution in [0.4, 0.5) is 10.5 Å². The number of nitrogens with one attached hydrogen (secondary N) is 1. The molecule has 3 N–H and O–H groups in total. The normalized spacial score (nSPS) is 19.1. The van der Waals surface area contributed by atoms with E-state index in [9.17, 15) is 9.59 Å². The number of amides is 3. The number of rotatable bonds is 5. The Morgan fingerprint density at radius 2 is 1.69 bits per heavy atom. The Morgan fingerprint density at radius 1 is 0.889 bits per heavy atom. The minimum absolute atomic E-state index is 0.0750. The minimum atomic E-state index is -0.462. The SMILES string of the molecule is NC(=O)c1cccc(-c2cccc(NC(=O)N3CC4CC3CN4Cc3ccc4ccccc4n3)c2)c1. The number of anilines is 1. The number of fused-ring (bicyclic) bond motifs is 3. The molecule has 2 aliphatic heterocycles. The van der Waals surface area contributed by atoms with Gasteiger partial charge in [-0.15, -0.1) is 0 Å². The fraction of sp³-hybridized carbons (Fsp3) is 0.207. The van der Waals surface area contributed by atoms with Gasteiger partial charge in [0.15, 0.2) is 0 Å². The van der Waals surface area contributed by atoms with Gasteiger partial charge < -0.3 is 16.0 Å². The quantitative estimate of drug-likeness (QED) is 0.443. The van der Waals surface area contributed by atoms with Gasteiger partial charge in [0.05, 0.1) is 11.2 Å². The summed E-state index contributed by atoms with van der Waals surface area (Å²) in [4.78, 5) is 33.9. The number of para-hydroxylation sites is 1. The minimum Gasteiger partial charge on any atom is -0.366 e. The van der Waals surface area contributed by atoms with E-state index in [0.29, 0.717) is 18.2 Å². The van der Waals surface area contributed by atoms with Crippen molar-refractivity contribution in [2.75, 3.05) is 18.4 Å². The number of aromatic nitrogens is 1. The summed E-state index contributed by atoms with van der Waals surface area (Å²) in [5.74, 6) is -0.462. The van der Waals surface area contributed by atoms with E-state index in [1.165, 1.54) is 0 Å². The van der Waals surface area contributed by atoms with Crippen LogP contribution in [0.1, 0.15) is 22.5 Å². The average molecular weight is 478 g/mol. The standard InChI is InChI=1S/C29H27N5O2/c30-28(35)22-8-3-6-20(13-22)21-7-4-9-23(14-21)32-29(36)34-18-25-15-26(34)17-33(25)16-24-12-11-19-5-1-2-10-27(19)31-24/h1-14,25-26H,15-18H2,(H2,30,35)(H,32,36). The van der Waals surface area contributed by atoms with Crippen molar-refractivity contribution in [2.24, 2.45) is 5.73 Å². The molecule has 1 aromatic heterocycles. The summed E-state index contributed by atoms with van der Waals surface area (Å²) in [5, 5.41) is 4.22. The Morgan fingerprint density at radius 3 is 2.50 bits per heavy atom. The van der Waals surface area contributed by atoms with E-state index >= 15 is 0 Å². The third-order valence-corrected chi connectivity index (χ3v) is 7.23. The molecule has 0 radical (unpaired) electrons. The number of urea groups is 1. The maximum Gasteiger partial charge on any atom is 0.322 e. The summed E-state index contributed by atoms with van der Waals surface area (Å²) in [7, 11) is 0. The van der Waals surface area contributed by atoms with Crippen molar-refractivity contribution in [1.29, 1.82) is 0 Å². The highest BCUT2D eigenvalue weighted by Gasteiger charge is 2.45. The van der Waals surface area contributed by atoms with Crippen LogP contribution in [0, 0.1) is 0 Å². The van der Waals surface area contributed by atoms with Crippen molar-refractivity contribution in [3.05, 3.63) is 96.2 Å². The van der Waals surface area contributed by atoms with Crippen LogP contribution in [0.3, 0.4) is 0 Å². The van der Waals surface area contributed by atoms with E-state index in [1.54, 1.807) is 18.2 Å². The van der Waals surface area contributed by atoms with Crippen molar-refractivity contribution in [3.63, 3.8) is 0 Å². The van der Waals surface area contributed by atoms with Crippen molar-refractivity contribution < 1.29 is 9.59 Å². The highest BCUT2D eigenvalue weighted by Crippen LogP contribution is 2.33. The molecular formula is C29H27N5O2. The molecule has 36 heavy (non-hydrogen) atoms. The molecule has 3 amide bonds. The molecule has 2 aliphatic rings. The smallest absolute Gasteiger partial charge is 0.322 e. The molecule has 0 saturated carbocycles. The molecule has 4 aromatic rings. The van der Waals surface area contributed by atoms with Crippen LogP contribution < -0.4 is 11.1 Å². The van der Waals surface area contributed by atoms with Crippen LogP contribution >= 0.6 is 0 Å². The largest absolute Gasteiger partial charge is 0.366 e. The van der Waals surface area contributed by atoms with Gasteiger partial charge in [-0.3, -0.25) is 14.7 Å². The molecule has 3 heterocycles. The third kappa shape index (κ3) is 4.29. The molecule has 0 spiro atoms. The van der Waals surface area contributed by atoms with Gasteiger partial charge in [0.25, 0.3) is 0 Å². The van der Waals surface area contributed by atoms with Crippen LogP contribution in [-0.4, -0.2) is 51.9 Å². The topological polar surface area (TPSA) is 91.6 Å². The number of hydrogen-bond acceptors (Lipinski definition) is 4. The van der Waals surface area contributed by atoms with Crippen LogP contribution in [-0.2, 0) is 6.54 Å². The number of likely N-dealkylation sites (tertiary alicyclic amines) is 2. The second-order valence-corrected chi connectivity index (χ2v) is 9.58. The van der Waals surface area contributed by atoms with Crippen LogP contribution in [0.5, 0.6) is 0 Å². The number of piperazine rings is 1. The number of benzene rings is 3. The maximum atomic E-state index is 13.1. The van der Waals surface area contributed by atoms with Gasteiger partial charge >= 0.3 is 6.03 Å². The van der Waals surface area contributed by atoms with E-state index in [0.717, 1.165) is 52.9 Å². The number of nitrogens with zero attached hydrogens (tertiary/aromatic N) is 3. The number of hydrogen-bond donors (Lipinski definition) is 2. The summed E-state index contributed by atoms with van der Waals surface area (Å²) in [5.41, 5.74) is 10.5. The lowest BCUT2D eigenvalue weighted by atomic mass is 10.0. The monoisotopic (exact) mass is 477 g/mol. The number of primary amides is 1. The zero-order valence-electron chi connectivity index (χ0n) is 19.8. The molecule has 2 atom stereocenters. The molecule has 2 unspecified atom stereocenters. The number of nitrogens with two attached hydrogens (primary N) is 1. The summed E-state index contributed by atoms with van der Waals surface area (Å²) in [6.07, 6.45) is 0.987. The van der Waals surface area contributed by atoms with Crippen LogP contribution in [0.2, 0.25) is 0 Å². The third-order valence-electron chi connectivity index (χ3n) is 7.23. The Kier molecular flexibility index (Phi) is 5.62. The molecule has 180 valence electrons. The first kappa shape index (κ1) is 22.2. The Hall–Kier alpha value is -4.23. The predicted molar refractivity (Wildman–Crippen MR) is 140 cm³/mol. The Balaban J connectivity index is 1.10. The molecule has 0 aliphatic carbocycles. The van der Waals surface area contributed by atoms with Gasteiger partial charge in [0.2, 0.25) is 5.91 Å². The lowest BCUT2D eigenvalue weighted by molar-refractivity contribution is 0.1000. The lowest BCUT2D eigenvalue weighted by Gasteiger charge is -2.34. The van der Waals surface area contributed by atoms with Gasteiger partial charge in [0.1, 0.15) is 0 Å². The molecule has 3 aromatic carbocycles. The number of carbonyl (C=O) groups is 2. The van der Waals surface area contributed by atoms with Crippen LogP contribution in [0.25, 0.3) is 22.0 Å². The Labute approximate surface area is 209 Å². The highest BCUT2D eigenvalue weighted by molar-refractivity contribution is 5.94. The molecule has 6 rings (SSSR count). The summed E-state index contributed by atoms with van der Waals surface area (Å²) in [6, 6.07) is 27.7. The summed E-state index contributed by atoms with van der Waals surface area (Å²) >= 11 is 0. The second-order valence-electron chi connectivity index (χ2n) is 9.58. The zero-order valence-corrected chi connectivity index (χ0v) is 19.8. The lowest BCUT2D eigenvalue weighted by Crippen LogP contribution is -2.49. The molecule has 2 saturated heterocycles. The first-order valence-corrected chi connectivity index (χ1v) is 12.2. The van der Waals surface area contributed by atoms with Crippen molar-refractivity contribution in [2.45, 2.75) is 25.0 Å². The van der Waals surface area contributed by atoms with E-state index < -0.39 is 5.91 Å². The number of pyridine rings is 1. The van der Waals surface area contributed by atoms with Crippen molar-refractivity contribution in [1.82, 2.24) is 14.8 Å². The van der Waals surface area contributed by atoms with E-state index in [1.807, 2.05) is 53.4 Å². The molecule has 7 heteroatoms. The van der Waals surface area contributed by atoms with Gasteiger partial charge in [-0.2, -0.15) is 0 Å². The summed E-state index contributed by atoms with van der Waals surface area (Å²) < 4.78 is 0. The van der Waals surface area contributed by atoms with Crippen molar-refractivity contribution >= 4 is 28.5 Å². The van der Waals surface area contributed by atoms with Gasteiger partial charge in [0, 0.05) is 48.4 Å². The number of carbonyl (C=O) groups excluding carboxylic acids is 2.